The van der Waals surface area contributed by atoms with Crippen LogP contribution in [0.2, 0.25) is 5.02 Å². The summed E-state index contributed by atoms with van der Waals surface area (Å²) in [6.45, 7) is 4.88. The van der Waals surface area contributed by atoms with Crippen LogP contribution in [0.4, 0.5) is 5.69 Å². The van der Waals surface area contributed by atoms with Gasteiger partial charge in [0.25, 0.3) is 5.56 Å². The number of rotatable bonds is 8. The first-order valence-corrected chi connectivity index (χ1v) is 8.05. The molecule has 1 N–H and O–H groups in total. The van der Waals surface area contributed by atoms with E-state index >= 15 is 0 Å². The fourth-order valence-electron chi connectivity index (χ4n) is 2.34. The Balaban J connectivity index is 2.07. The second-order valence-corrected chi connectivity index (χ2v) is 6.06. The maximum atomic E-state index is 12.1. The molecule has 5 heteroatoms. The summed E-state index contributed by atoms with van der Waals surface area (Å²) in [5, 5.41) is 7.87. The van der Waals surface area contributed by atoms with E-state index in [-0.39, 0.29) is 10.6 Å². The number of nitrogens with one attached hydrogen (secondary N) is 1. The van der Waals surface area contributed by atoms with Crippen LogP contribution in [-0.4, -0.2) is 15.8 Å². The van der Waals surface area contributed by atoms with E-state index in [1.54, 1.807) is 6.20 Å². The van der Waals surface area contributed by atoms with Crippen LogP contribution in [0.25, 0.3) is 0 Å². The lowest BCUT2D eigenvalue weighted by atomic mass is 10.1. The molecular formula is C15H24ClN3O. The third-order valence-corrected chi connectivity index (χ3v) is 4.24. The number of anilines is 1. The summed E-state index contributed by atoms with van der Waals surface area (Å²) in [6.07, 6.45) is 8.53. The van der Waals surface area contributed by atoms with E-state index in [2.05, 4.69) is 24.3 Å². The molecule has 1 heterocycles. The van der Waals surface area contributed by atoms with Crippen LogP contribution in [0.1, 0.15) is 52.4 Å². The molecular weight excluding hydrogens is 274 g/mol. The monoisotopic (exact) mass is 297 g/mol. The zero-order valence-electron chi connectivity index (χ0n) is 12.4. The number of aryl methyl sites for hydroxylation is 1. The Morgan fingerprint density at radius 3 is 2.85 bits per heavy atom. The summed E-state index contributed by atoms with van der Waals surface area (Å²) in [4.78, 5) is 12.1. The topological polar surface area (TPSA) is 46.9 Å². The van der Waals surface area contributed by atoms with Gasteiger partial charge < -0.3 is 5.32 Å². The molecule has 1 aromatic heterocycles. The Hall–Kier alpha value is -1.03. The van der Waals surface area contributed by atoms with Gasteiger partial charge >= 0.3 is 0 Å². The first-order chi connectivity index (χ1) is 9.65. The van der Waals surface area contributed by atoms with Gasteiger partial charge in [-0.2, -0.15) is 5.10 Å². The molecule has 4 nitrogen and oxygen atoms in total. The van der Waals surface area contributed by atoms with Crippen LogP contribution >= 0.6 is 11.6 Å². The van der Waals surface area contributed by atoms with Crippen molar-refractivity contribution in [3.63, 3.8) is 0 Å². The van der Waals surface area contributed by atoms with Crippen LogP contribution in [0.3, 0.4) is 0 Å². The smallest absolute Gasteiger partial charge is 0.287 e. The predicted molar refractivity (Wildman–Crippen MR) is 83.5 cm³/mol. The van der Waals surface area contributed by atoms with Gasteiger partial charge in [0.05, 0.1) is 11.9 Å². The lowest BCUT2D eigenvalue weighted by molar-refractivity contribution is 0.541. The average molecular weight is 298 g/mol. The number of hydrogen-bond acceptors (Lipinski definition) is 3. The number of hydrogen-bond donors (Lipinski definition) is 1. The molecule has 112 valence electrons. The summed E-state index contributed by atoms with van der Waals surface area (Å²) in [7, 11) is 0. The Bertz CT molecular complexity index is 496. The van der Waals surface area contributed by atoms with Crippen molar-refractivity contribution in [2.75, 3.05) is 5.32 Å². The second kappa shape index (κ2) is 7.11. The molecule has 2 rings (SSSR count). The Labute approximate surface area is 125 Å². The van der Waals surface area contributed by atoms with Gasteiger partial charge in [-0.3, -0.25) is 4.79 Å². The average Bonchev–Trinajstić information content (AvgIpc) is 3.26. The lowest BCUT2D eigenvalue weighted by Crippen LogP contribution is -2.26. The molecule has 1 aliphatic carbocycles. The standard InChI is InChI=1S/C15H24ClN3O/c1-3-5-8-19-15(20)14(16)13(10-17-19)18-12(4-2)9-11-6-7-11/h10-12,18H,3-9H2,1-2H3. The molecule has 0 aliphatic heterocycles. The van der Waals surface area contributed by atoms with Gasteiger partial charge in [-0.25, -0.2) is 4.68 Å². The highest BCUT2D eigenvalue weighted by molar-refractivity contribution is 6.32. The molecule has 1 unspecified atom stereocenters. The minimum absolute atomic E-state index is 0.189. The van der Waals surface area contributed by atoms with Crippen molar-refractivity contribution in [1.82, 2.24) is 9.78 Å². The first kappa shape index (κ1) is 15.4. The molecule has 1 atom stereocenters. The Morgan fingerprint density at radius 2 is 2.25 bits per heavy atom. The summed E-state index contributed by atoms with van der Waals surface area (Å²) >= 11 is 6.19. The third-order valence-electron chi connectivity index (χ3n) is 3.88. The summed E-state index contributed by atoms with van der Waals surface area (Å²) in [5.41, 5.74) is 0.489. The quantitative estimate of drug-likeness (QED) is 0.796. The zero-order valence-corrected chi connectivity index (χ0v) is 13.1. The molecule has 0 saturated heterocycles. The highest BCUT2D eigenvalue weighted by atomic mass is 35.5. The van der Waals surface area contributed by atoms with Crippen LogP contribution in [0.15, 0.2) is 11.0 Å². The van der Waals surface area contributed by atoms with Crippen molar-refractivity contribution in [1.29, 1.82) is 0 Å². The van der Waals surface area contributed by atoms with Crippen LogP contribution in [-0.2, 0) is 6.54 Å². The van der Waals surface area contributed by atoms with E-state index in [0.717, 1.165) is 31.6 Å². The van der Waals surface area contributed by atoms with Crippen LogP contribution in [0, 0.1) is 5.92 Å². The Kier molecular flexibility index (Phi) is 5.46. The van der Waals surface area contributed by atoms with Crippen molar-refractivity contribution in [2.45, 2.75) is 65.0 Å². The van der Waals surface area contributed by atoms with Crippen molar-refractivity contribution in [3.8, 4) is 0 Å². The van der Waals surface area contributed by atoms with Gasteiger partial charge in [-0.15, -0.1) is 0 Å². The molecule has 20 heavy (non-hydrogen) atoms. The molecule has 1 saturated carbocycles. The predicted octanol–water partition coefficient (Wildman–Crippen LogP) is 3.69. The molecule has 1 fully saturated rings. The van der Waals surface area contributed by atoms with Gasteiger partial charge in [0, 0.05) is 12.6 Å². The molecule has 0 radical (unpaired) electrons. The second-order valence-electron chi connectivity index (χ2n) is 5.68. The number of unbranched alkanes of at least 4 members (excludes halogenated alkanes) is 1. The summed E-state index contributed by atoms with van der Waals surface area (Å²) in [6, 6.07) is 0.382. The molecule has 0 bridgehead atoms. The lowest BCUT2D eigenvalue weighted by Gasteiger charge is -2.18. The van der Waals surface area contributed by atoms with E-state index in [1.807, 2.05) is 0 Å². The summed E-state index contributed by atoms with van der Waals surface area (Å²) < 4.78 is 1.46. The molecule has 0 spiro atoms. The van der Waals surface area contributed by atoms with Crippen LogP contribution < -0.4 is 10.9 Å². The number of halogens is 1. The third kappa shape index (κ3) is 3.98. The van der Waals surface area contributed by atoms with Crippen LogP contribution in [0.5, 0.6) is 0 Å². The highest BCUT2D eigenvalue weighted by Gasteiger charge is 2.25. The maximum absolute atomic E-state index is 12.1. The molecule has 0 aromatic carbocycles. The highest BCUT2D eigenvalue weighted by Crippen LogP contribution is 2.35. The van der Waals surface area contributed by atoms with Crippen molar-refractivity contribution in [3.05, 3.63) is 21.6 Å². The van der Waals surface area contributed by atoms with E-state index < -0.39 is 0 Å². The minimum atomic E-state index is -0.189. The fourth-order valence-corrected chi connectivity index (χ4v) is 2.54. The largest absolute Gasteiger partial charge is 0.380 e. The maximum Gasteiger partial charge on any atom is 0.287 e. The fraction of sp³-hybridized carbons (Fsp3) is 0.733. The van der Waals surface area contributed by atoms with Gasteiger partial charge in [0.15, 0.2) is 0 Å². The van der Waals surface area contributed by atoms with Crippen molar-refractivity contribution in [2.24, 2.45) is 5.92 Å². The van der Waals surface area contributed by atoms with E-state index in [9.17, 15) is 4.79 Å². The normalized spacial score (nSPS) is 16.1. The minimum Gasteiger partial charge on any atom is -0.380 e. The van der Waals surface area contributed by atoms with E-state index in [4.69, 9.17) is 11.6 Å². The summed E-state index contributed by atoms with van der Waals surface area (Å²) in [5.74, 6) is 0.851. The molecule has 1 aliphatic rings. The number of nitrogens with zero attached hydrogens (tertiary/aromatic N) is 2. The van der Waals surface area contributed by atoms with Gasteiger partial charge in [0.2, 0.25) is 0 Å². The van der Waals surface area contributed by atoms with Gasteiger partial charge in [0.1, 0.15) is 5.02 Å². The van der Waals surface area contributed by atoms with E-state index in [1.165, 1.54) is 17.5 Å². The SMILES string of the molecule is CCCCn1ncc(NC(CC)CC2CC2)c(Cl)c1=O. The zero-order chi connectivity index (χ0) is 14.5. The number of aromatic nitrogens is 2. The van der Waals surface area contributed by atoms with E-state index in [0.29, 0.717) is 18.3 Å². The molecule has 1 aromatic rings. The van der Waals surface area contributed by atoms with Crippen molar-refractivity contribution >= 4 is 17.3 Å². The Morgan fingerprint density at radius 1 is 1.50 bits per heavy atom. The van der Waals surface area contributed by atoms with Gasteiger partial charge in [-0.1, -0.05) is 44.7 Å². The van der Waals surface area contributed by atoms with Crippen molar-refractivity contribution < 1.29 is 0 Å². The van der Waals surface area contributed by atoms with Gasteiger partial charge in [-0.05, 0) is 25.2 Å². The first-order valence-electron chi connectivity index (χ1n) is 7.67. The molecule has 0 amide bonds.